The molecular formula is C15H16N2O2. The van der Waals surface area contributed by atoms with Gasteiger partial charge in [-0.15, -0.1) is 0 Å². The topological polar surface area (TPSA) is 54.7 Å². The molecule has 4 heteroatoms. The standard InChI is InChI=1S/C15H16N2O2/c1-19-15-9-5-8-13(17-15)10-16-14(11-18)12-6-3-2-4-7-12/h2-10,14,18H,11H2,1H3. The van der Waals surface area contributed by atoms with Crippen molar-refractivity contribution in [3.05, 3.63) is 59.8 Å². The van der Waals surface area contributed by atoms with Crippen LogP contribution in [0.5, 0.6) is 5.88 Å². The Morgan fingerprint density at radius 1 is 1.21 bits per heavy atom. The summed E-state index contributed by atoms with van der Waals surface area (Å²) in [4.78, 5) is 8.60. The minimum atomic E-state index is -0.269. The van der Waals surface area contributed by atoms with Gasteiger partial charge in [-0.1, -0.05) is 36.4 Å². The monoisotopic (exact) mass is 256 g/mol. The van der Waals surface area contributed by atoms with E-state index in [0.29, 0.717) is 11.6 Å². The number of benzene rings is 1. The molecule has 0 aliphatic heterocycles. The predicted molar refractivity (Wildman–Crippen MR) is 74.7 cm³/mol. The Balaban J connectivity index is 2.15. The van der Waals surface area contributed by atoms with E-state index in [1.54, 1.807) is 19.4 Å². The molecule has 0 saturated carbocycles. The Morgan fingerprint density at radius 2 is 2.00 bits per heavy atom. The summed E-state index contributed by atoms with van der Waals surface area (Å²) in [6, 6.07) is 14.9. The molecule has 1 aromatic heterocycles. The Morgan fingerprint density at radius 3 is 2.68 bits per heavy atom. The zero-order chi connectivity index (χ0) is 13.5. The Labute approximate surface area is 112 Å². The molecule has 0 radical (unpaired) electrons. The van der Waals surface area contributed by atoms with E-state index in [4.69, 9.17) is 4.74 Å². The van der Waals surface area contributed by atoms with Crippen LogP contribution in [0.2, 0.25) is 0 Å². The summed E-state index contributed by atoms with van der Waals surface area (Å²) in [7, 11) is 1.57. The lowest BCUT2D eigenvalue weighted by atomic mass is 10.1. The first-order valence-electron chi connectivity index (χ1n) is 6.03. The van der Waals surface area contributed by atoms with Crippen LogP contribution < -0.4 is 4.74 Å². The van der Waals surface area contributed by atoms with Crippen LogP contribution in [0.3, 0.4) is 0 Å². The molecule has 1 heterocycles. The van der Waals surface area contributed by atoms with Crippen molar-refractivity contribution in [3.63, 3.8) is 0 Å². The quantitative estimate of drug-likeness (QED) is 0.835. The number of aliphatic imine (C=N–C) groups is 1. The van der Waals surface area contributed by atoms with Crippen LogP contribution in [-0.2, 0) is 0 Å². The van der Waals surface area contributed by atoms with Crippen molar-refractivity contribution >= 4 is 6.21 Å². The van der Waals surface area contributed by atoms with Crippen LogP contribution in [0.25, 0.3) is 0 Å². The van der Waals surface area contributed by atoms with E-state index in [1.807, 2.05) is 42.5 Å². The largest absolute Gasteiger partial charge is 0.481 e. The second-order valence-electron chi connectivity index (χ2n) is 3.99. The molecule has 0 saturated heterocycles. The number of pyridine rings is 1. The predicted octanol–water partition coefficient (Wildman–Crippen LogP) is 2.24. The van der Waals surface area contributed by atoms with E-state index in [9.17, 15) is 5.11 Å². The summed E-state index contributed by atoms with van der Waals surface area (Å²) in [5.74, 6) is 0.546. The normalized spacial score (nSPS) is 12.5. The van der Waals surface area contributed by atoms with Crippen molar-refractivity contribution in [1.29, 1.82) is 0 Å². The lowest BCUT2D eigenvalue weighted by Gasteiger charge is -2.08. The number of nitrogens with zero attached hydrogens (tertiary/aromatic N) is 2. The fraction of sp³-hybridized carbons (Fsp3) is 0.200. The molecule has 19 heavy (non-hydrogen) atoms. The Bertz CT molecular complexity index is 541. The molecule has 0 amide bonds. The first-order valence-corrected chi connectivity index (χ1v) is 6.03. The molecule has 1 unspecified atom stereocenters. The zero-order valence-electron chi connectivity index (χ0n) is 10.7. The van der Waals surface area contributed by atoms with Gasteiger partial charge in [-0.3, -0.25) is 4.99 Å². The Kier molecular flexibility index (Phi) is 4.64. The van der Waals surface area contributed by atoms with E-state index in [0.717, 1.165) is 5.56 Å². The maximum Gasteiger partial charge on any atom is 0.213 e. The number of aliphatic hydroxyl groups is 1. The second-order valence-corrected chi connectivity index (χ2v) is 3.99. The highest BCUT2D eigenvalue weighted by molar-refractivity contribution is 5.77. The van der Waals surface area contributed by atoms with Crippen molar-refractivity contribution in [2.24, 2.45) is 4.99 Å². The summed E-state index contributed by atoms with van der Waals surface area (Å²) in [5, 5.41) is 9.40. The number of hydrogen-bond donors (Lipinski definition) is 1. The van der Waals surface area contributed by atoms with Gasteiger partial charge < -0.3 is 9.84 Å². The fourth-order valence-electron chi connectivity index (χ4n) is 1.70. The summed E-state index contributed by atoms with van der Waals surface area (Å²) in [6.07, 6.45) is 1.65. The highest BCUT2D eigenvalue weighted by Crippen LogP contribution is 2.16. The van der Waals surface area contributed by atoms with Crippen molar-refractivity contribution < 1.29 is 9.84 Å². The summed E-state index contributed by atoms with van der Waals surface area (Å²) in [5.41, 5.74) is 1.68. The molecule has 0 aliphatic carbocycles. The van der Waals surface area contributed by atoms with Crippen molar-refractivity contribution in [3.8, 4) is 5.88 Å². The van der Waals surface area contributed by atoms with Crippen LogP contribution in [0.4, 0.5) is 0 Å². The molecule has 2 aromatic rings. The van der Waals surface area contributed by atoms with Gasteiger partial charge in [0.15, 0.2) is 0 Å². The van der Waals surface area contributed by atoms with Crippen molar-refractivity contribution in [2.45, 2.75) is 6.04 Å². The molecule has 2 rings (SSSR count). The lowest BCUT2D eigenvalue weighted by Crippen LogP contribution is -2.02. The van der Waals surface area contributed by atoms with E-state index in [-0.39, 0.29) is 12.6 Å². The van der Waals surface area contributed by atoms with Gasteiger partial charge in [0.1, 0.15) is 0 Å². The van der Waals surface area contributed by atoms with E-state index in [2.05, 4.69) is 9.98 Å². The second kappa shape index (κ2) is 6.66. The zero-order valence-corrected chi connectivity index (χ0v) is 10.7. The number of rotatable bonds is 5. The van der Waals surface area contributed by atoms with Gasteiger partial charge in [0.25, 0.3) is 0 Å². The molecular weight excluding hydrogens is 240 g/mol. The van der Waals surface area contributed by atoms with Gasteiger partial charge in [0.05, 0.1) is 25.5 Å². The minimum Gasteiger partial charge on any atom is -0.481 e. The molecule has 1 atom stereocenters. The van der Waals surface area contributed by atoms with Crippen LogP contribution in [-0.4, -0.2) is 30.0 Å². The summed E-state index contributed by atoms with van der Waals surface area (Å²) < 4.78 is 5.05. The average Bonchev–Trinajstić information content (AvgIpc) is 2.49. The first-order chi connectivity index (χ1) is 9.33. The highest BCUT2D eigenvalue weighted by atomic mass is 16.5. The Hall–Kier alpha value is -2.20. The van der Waals surface area contributed by atoms with Crippen LogP contribution in [0.15, 0.2) is 53.5 Å². The fourth-order valence-corrected chi connectivity index (χ4v) is 1.70. The number of ether oxygens (including phenoxy) is 1. The summed E-state index contributed by atoms with van der Waals surface area (Å²) >= 11 is 0. The van der Waals surface area contributed by atoms with Gasteiger partial charge in [0.2, 0.25) is 5.88 Å². The molecule has 0 bridgehead atoms. The molecule has 1 aromatic carbocycles. The maximum atomic E-state index is 9.40. The number of methoxy groups -OCH3 is 1. The smallest absolute Gasteiger partial charge is 0.213 e. The third-order valence-electron chi connectivity index (χ3n) is 2.70. The first kappa shape index (κ1) is 13.2. The van der Waals surface area contributed by atoms with Crippen molar-refractivity contribution in [1.82, 2.24) is 4.98 Å². The average molecular weight is 256 g/mol. The van der Waals surface area contributed by atoms with E-state index >= 15 is 0 Å². The number of aromatic nitrogens is 1. The van der Waals surface area contributed by atoms with Gasteiger partial charge in [-0.05, 0) is 11.6 Å². The maximum absolute atomic E-state index is 9.40. The summed E-state index contributed by atoms with van der Waals surface area (Å²) in [6.45, 7) is -0.0372. The van der Waals surface area contributed by atoms with Crippen molar-refractivity contribution in [2.75, 3.05) is 13.7 Å². The molecule has 98 valence electrons. The van der Waals surface area contributed by atoms with Gasteiger partial charge in [0, 0.05) is 12.3 Å². The molecule has 0 spiro atoms. The van der Waals surface area contributed by atoms with E-state index in [1.165, 1.54) is 0 Å². The third kappa shape index (κ3) is 3.63. The number of aliphatic hydroxyl groups excluding tert-OH is 1. The van der Waals surface area contributed by atoms with Gasteiger partial charge in [-0.25, -0.2) is 4.98 Å². The minimum absolute atomic E-state index is 0.0372. The van der Waals surface area contributed by atoms with Crippen LogP contribution in [0.1, 0.15) is 17.3 Å². The highest BCUT2D eigenvalue weighted by Gasteiger charge is 2.06. The van der Waals surface area contributed by atoms with Gasteiger partial charge in [-0.2, -0.15) is 0 Å². The van der Waals surface area contributed by atoms with Crippen LogP contribution >= 0.6 is 0 Å². The van der Waals surface area contributed by atoms with Gasteiger partial charge >= 0.3 is 0 Å². The molecule has 0 fully saturated rings. The van der Waals surface area contributed by atoms with Crippen LogP contribution in [0, 0.1) is 0 Å². The molecule has 4 nitrogen and oxygen atoms in total. The van der Waals surface area contributed by atoms with E-state index < -0.39 is 0 Å². The molecule has 0 aliphatic rings. The third-order valence-corrected chi connectivity index (χ3v) is 2.70. The number of hydrogen-bond acceptors (Lipinski definition) is 4. The lowest BCUT2D eigenvalue weighted by molar-refractivity contribution is 0.269. The molecule has 1 N–H and O–H groups in total. The SMILES string of the molecule is COc1cccc(C=NC(CO)c2ccccc2)n1.